The number of nitrogens with one attached hydrogen (secondary N) is 1. The maximum Gasteiger partial charge on any atom is 0.252 e. The predicted molar refractivity (Wildman–Crippen MR) is 83.3 cm³/mol. The number of para-hydroxylation sites is 1. The number of carbonyl (C=O) groups excluding carboxylic acids is 1. The van der Waals surface area contributed by atoms with Crippen LogP contribution in [0.2, 0.25) is 5.02 Å². The van der Waals surface area contributed by atoms with Crippen LogP contribution in [-0.4, -0.2) is 12.5 Å². The molecule has 0 fully saturated rings. The van der Waals surface area contributed by atoms with Gasteiger partial charge in [-0.15, -0.1) is 0 Å². The molecular weight excluding hydrogens is 288 g/mol. The topological polar surface area (TPSA) is 64.4 Å². The molecule has 0 saturated carbocycles. The van der Waals surface area contributed by atoms with Crippen LogP contribution in [0.4, 0.5) is 5.69 Å². The molecule has 0 atom stereocenters. The average molecular weight is 303 g/mol. The van der Waals surface area contributed by atoms with Gasteiger partial charge in [0.15, 0.2) is 5.75 Å². The van der Waals surface area contributed by atoms with Crippen LogP contribution in [0.15, 0.2) is 36.4 Å². The molecule has 2 aromatic rings. The van der Waals surface area contributed by atoms with Crippen molar-refractivity contribution in [3.05, 3.63) is 52.5 Å². The zero-order valence-electron chi connectivity index (χ0n) is 11.4. The number of amides is 1. The van der Waals surface area contributed by atoms with Gasteiger partial charge in [0.1, 0.15) is 5.75 Å². The molecule has 0 unspecified atom stereocenters. The van der Waals surface area contributed by atoms with Crippen molar-refractivity contribution in [3.63, 3.8) is 0 Å². The van der Waals surface area contributed by atoms with Crippen LogP contribution in [0.1, 0.15) is 22.3 Å². The lowest BCUT2D eigenvalue weighted by molar-refractivity contribution is 0.0998. The summed E-state index contributed by atoms with van der Waals surface area (Å²) in [5.41, 5.74) is 7.85. The second kappa shape index (κ2) is 5.66. The van der Waals surface area contributed by atoms with Gasteiger partial charge in [0.2, 0.25) is 0 Å². The van der Waals surface area contributed by atoms with Crippen molar-refractivity contribution >= 4 is 23.2 Å². The Morgan fingerprint density at radius 1 is 1.24 bits per heavy atom. The second-order valence-electron chi connectivity index (χ2n) is 4.93. The Morgan fingerprint density at radius 2 is 2.10 bits per heavy atom. The fourth-order valence-electron chi connectivity index (χ4n) is 2.47. The number of anilines is 1. The van der Waals surface area contributed by atoms with Crippen molar-refractivity contribution in [1.29, 1.82) is 0 Å². The largest absolute Gasteiger partial charge is 0.454 e. The van der Waals surface area contributed by atoms with Crippen molar-refractivity contribution in [2.24, 2.45) is 5.73 Å². The summed E-state index contributed by atoms with van der Waals surface area (Å²) in [7, 11) is 0. The summed E-state index contributed by atoms with van der Waals surface area (Å²) in [6.07, 6.45) is 2.12. The standard InChI is InChI=1S/C16H15ClN2O2/c17-11-6-7-13(12(9-11)16(18)20)21-14-5-1-3-10-4-2-8-19-15(10)14/h1,3,5-7,9,19H,2,4,8H2,(H2,18,20). The number of aryl methyl sites for hydroxylation is 1. The number of ether oxygens (including phenoxy) is 1. The summed E-state index contributed by atoms with van der Waals surface area (Å²) >= 11 is 5.90. The normalized spacial score (nSPS) is 13.2. The third-order valence-electron chi connectivity index (χ3n) is 3.46. The van der Waals surface area contributed by atoms with Gasteiger partial charge in [-0.3, -0.25) is 4.79 Å². The number of nitrogens with two attached hydrogens (primary N) is 1. The third kappa shape index (κ3) is 2.81. The van der Waals surface area contributed by atoms with Gasteiger partial charge in [-0.2, -0.15) is 0 Å². The van der Waals surface area contributed by atoms with E-state index in [1.165, 1.54) is 11.6 Å². The summed E-state index contributed by atoms with van der Waals surface area (Å²) in [4.78, 5) is 11.5. The molecule has 21 heavy (non-hydrogen) atoms. The fraction of sp³-hybridized carbons (Fsp3) is 0.188. The number of fused-ring (bicyclic) bond motifs is 1. The van der Waals surface area contributed by atoms with Crippen molar-refractivity contribution in [3.8, 4) is 11.5 Å². The molecule has 0 saturated heterocycles. The van der Waals surface area contributed by atoms with Gasteiger partial charge in [-0.05, 0) is 42.7 Å². The molecule has 2 aromatic carbocycles. The summed E-state index contributed by atoms with van der Waals surface area (Å²) in [5.74, 6) is 0.537. The van der Waals surface area contributed by atoms with E-state index < -0.39 is 5.91 Å². The molecular formula is C16H15ClN2O2. The van der Waals surface area contributed by atoms with E-state index in [1.54, 1.807) is 12.1 Å². The fourth-order valence-corrected chi connectivity index (χ4v) is 2.64. The third-order valence-corrected chi connectivity index (χ3v) is 3.70. The van der Waals surface area contributed by atoms with Gasteiger partial charge in [0.25, 0.3) is 5.91 Å². The Morgan fingerprint density at radius 3 is 2.90 bits per heavy atom. The van der Waals surface area contributed by atoms with Gasteiger partial charge < -0.3 is 15.8 Å². The number of hydrogen-bond donors (Lipinski definition) is 2. The molecule has 3 rings (SSSR count). The molecule has 0 aliphatic carbocycles. The van der Waals surface area contributed by atoms with Gasteiger partial charge in [0.05, 0.1) is 11.3 Å². The Bertz CT molecular complexity index is 701. The lowest BCUT2D eigenvalue weighted by Gasteiger charge is -2.21. The highest BCUT2D eigenvalue weighted by atomic mass is 35.5. The van der Waals surface area contributed by atoms with E-state index in [9.17, 15) is 4.79 Å². The van der Waals surface area contributed by atoms with Crippen LogP contribution in [0, 0.1) is 0 Å². The number of rotatable bonds is 3. The first kappa shape index (κ1) is 13.8. The van der Waals surface area contributed by atoms with Crippen LogP contribution in [0.5, 0.6) is 11.5 Å². The number of carbonyl (C=O) groups is 1. The van der Waals surface area contributed by atoms with Crippen LogP contribution in [0.3, 0.4) is 0 Å². The van der Waals surface area contributed by atoms with E-state index in [0.717, 1.165) is 25.1 Å². The summed E-state index contributed by atoms with van der Waals surface area (Å²) in [6.45, 7) is 0.913. The van der Waals surface area contributed by atoms with E-state index in [-0.39, 0.29) is 5.56 Å². The second-order valence-corrected chi connectivity index (χ2v) is 5.36. The minimum Gasteiger partial charge on any atom is -0.454 e. The first-order valence-electron chi connectivity index (χ1n) is 6.78. The molecule has 1 heterocycles. The average Bonchev–Trinajstić information content (AvgIpc) is 2.49. The minimum atomic E-state index is -0.565. The summed E-state index contributed by atoms with van der Waals surface area (Å²) in [6, 6.07) is 10.7. The molecule has 0 radical (unpaired) electrons. The molecule has 3 N–H and O–H groups in total. The molecule has 108 valence electrons. The molecule has 1 aliphatic rings. The SMILES string of the molecule is NC(=O)c1cc(Cl)ccc1Oc1cccc2c1NCCC2. The van der Waals surface area contributed by atoms with E-state index in [4.69, 9.17) is 22.1 Å². The van der Waals surface area contributed by atoms with Crippen molar-refractivity contribution in [1.82, 2.24) is 0 Å². The molecule has 0 aromatic heterocycles. The number of benzene rings is 2. The first-order valence-corrected chi connectivity index (χ1v) is 7.16. The molecule has 1 aliphatic heterocycles. The van der Waals surface area contributed by atoms with Gasteiger partial charge >= 0.3 is 0 Å². The molecule has 4 nitrogen and oxygen atoms in total. The molecule has 5 heteroatoms. The van der Waals surface area contributed by atoms with E-state index in [1.807, 2.05) is 12.1 Å². The zero-order valence-corrected chi connectivity index (χ0v) is 12.1. The Kier molecular flexibility index (Phi) is 3.71. The van der Waals surface area contributed by atoms with Crippen molar-refractivity contribution in [2.75, 3.05) is 11.9 Å². The molecule has 0 spiro atoms. The van der Waals surface area contributed by atoms with E-state index >= 15 is 0 Å². The van der Waals surface area contributed by atoms with Crippen LogP contribution >= 0.6 is 11.6 Å². The maximum atomic E-state index is 11.5. The van der Waals surface area contributed by atoms with E-state index in [2.05, 4.69) is 11.4 Å². The van der Waals surface area contributed by atoms with Crippen LogP contribution < -0.4 is 15.8 Å². The lowest BCUT2D eigenvalue weighted by Crippen LogP contribution is -2.14. The van der Waals surface area contributed by atoms with E-state index in [0.29, 0.717) is 16.5 Å². The first-order chi connectivity index (χ1) is 10.1. The Labute approximate surface area is 127 Å². The number of primary amides is 1. The van der Waals surface area contributed by atoms with Crippen molar-refractivity contribution in [2.45, 2.75) is 12.8 Å². The van der Waals surface area contributed by atoms with Gasteiger partial charge in [-0.25, -0.2) is 0 Å². The van der Waals surface area contributed by atoms with Gasteiger partial charge in [0, 0.05) is 11.6 Å². The highest BCUT2D eigenvalue weighted by molar-refractivity contribution is 6.31. The predicted octanol–water partition coefficient (Wildman–Crippen LogP) is 3.59. The van der Waals surface area contributed by atoms with Crippen LogP contribution in [0.25, 0.3) is 0 Å². The minimum absolute atomic E-state index is 0.274. The zero-order chi connectivity index (χ0) is 14.8. The molecule has 0 bridgehead atoms. The molecule has 1 amide bonds. The monoisotopic (exact) mass is 302 g/mol. The smallest absolute Gasteiger partial charge is 0.252 e. The number of hydrogen-bond acceptors (Lipinski definition) is 3. The quantitative estimate of drug-likeness (QED) is 0.910. The van der Waals surface area contributed by atoms with Gasteiger partial charge in [-0.1, -0.05) is 23.7 Å². The Balaban J connectivity index is 2.00. The Hall–Kier alpha value is -2.20. The van der Waals surface area contributed by atoms with Crippen molar-refractivity contribution < 1.29 is 9.53 Å². The maximum absolute atomic E-state index is 11.5. The van der Waals surface area contributed by atoms with Crippen LogP contribution in [-0.2, 0) is 6.42 Å². The lowest BCUT2D eigenvalue weighted by atomic mass is 10.0. The number of halogens is 1. The summed E-state index contributed by atoms with van der Waals surface area (Å²) in [5, 5.41) is 3.79. The summed E-state index contributed by atoms with van der Waals surface area (Å²) < 4.78 is 5.90. The highest BCUT2D eigenvalue weighted by Crippen LogP contribution is 2.36. The highest BCUT2D eigenvalue weighted by Gasteiger charge is 2.16.